The predicted molar refractivity (Wildman–Crippen MR) is 131 cm³/mol. The molecule has 9 heteroatoms. The van der Waals surface area contributed by atoms with Crippen molar-refractivity contribution in [3.63, 3.8) is 0 Å². The average Bonchev–Trinajstić information content (AvgIpc) is 2.90. The molecule has 3 heterocycles. The molecule has 2 aromatic rings. The second-order valence-corrected chi connectivity index (χ2v) is 9.37. The van der Waals surface area contributed by atoms with Gasteiger partial charge >= 0.3 is 0 Å². The number of hydrogen-bond acceptors (Lipinski definition) is 8. The van der Waals surface area contributed by atoms with Gasteiger partial charge in [0.15, 0.2) is 0 Å². The van der Waals surface area contributed by atoms with Gasteiger partial charge in [-0.25, -0.2) is 14.4 Å². The largest absolute Gasteiger partial charge is 0.476 e. The molecule has 0 aromatic carbocycles. The molecule has 2 aliphatic rings. The van der Waals surface area contributed by atoms with Crippen molar-refractivity contribution in [3.8, 4) is 23.1 Å². The van der Waals surface area contributed by atoms with E-state index in [1.165, 1.54) is 6.20 Å². The molecular weight excluding hydrogens is 449 g/mol. The number of nitrogens with zero attached hydrogens (tertiary/aromatic N) is 3. The lowest BCUT2D eigenvalue weighted by Crippen LogP contribution is -2.38. The summed E-state index contributed by atoms with van der Waals surface area (Å²) >= 11 is 0. The van der Waals surface area contributed by atoms with Gasteiger partial charge in [0.1, 0.15) is 18.2 Å². The fraction of sp³-hybridized carbons (Fsp3) is 0.577. The van der Waals surface area contributed by atoms with Crippen molar-refractivity contribution in [3.05, 3.63) is 36.4 Å². The lowest BCUT2D eigenvalue weighted by atomic mass is 9.83. The number of methoxy groups -OCH3 is 1. The summed E-state index contributed by atoms with van der Waals surface area (Å²) in [7, 11) is 1.71. The Morgan fingerprint density at radius 1 is 1.17 bits per heavy atom. The molecule has 0 bridgehead atoms. The van der Waals surface area contributed by atoms with Crippen LogP contribution in [0.1, 0.15) is 38.5 Å². The number of hydrogen-bond donors (Lipinski definition) is 2. The molecule has 2 aromatic heterocycles. The van der Waals surface area contributed by atoms with Gasteiger partial charge in [0.2, 0.25) is 5.88 Å². The maximum atomic E-state index is 14.7. The third-order valence-electron chi connectivity index (χ3n) is 6.90. The molecule has 0 unspecified atom stereocenters. The van der Waals surface area contributed by atoms with Crippen LogP contribution in [0.25, 0.3) is 11.1 Å². The molecule has 0 spiro atoms. The van der Waals surface area contributed by atoms with E-state index < -0.39 is 11.2 Å². The molecule has 0 radical (unpaired) electrons. The Morgan fingerprint density at radius 2 is 1.94 bits per heavy atom. The second-order valence-electron chi connectivity index (χ2n) is 9.37. The molecule has 0 amide bonds. The molecule has 8 nitrogen and oxygen atoms in total. The van der Waals surface area contributed by atoms with Crippen LogP contribution in [0.5, 0.6) is 5.88 Å². The van der Waals surface area contributed by atoms with Gasteiger partial charge in [0.25, 0.3) is 0 Å². The highest BCUT2D eigenvalue weighted by Gasteiger charge is 2.34. The summed E-state index contributed by atoms with van der Waals surface area (Å²) in [4.78, 5) is 8.53. The van der Waals surface area contributed by atoms with E-state index >= 15 is 0 Å². The molecule has 0 atom stereocenters. The minimum atomic E-state index is -0.576. The Labute approximate surface area is 206 Å². The van der Waals surface area contributed by atoms with E-state index in [4.69, 9.17) is 14.2 Å². The molecule has 2 fully saturated rings. The third-order valence-corrected chi connectivity index (χ3v) is 6.90. The van der Waals surface area contributed by atoms with Crippen molar-refractivity contribution in [2.45, 2.75) is 50.6 Å². The van der Waals surface area contributed by atoms with E-state index in [1.54, 1.807) is 31.5 Å². The number of aromatic nitrogens is 2. The van der Waals surface area contributed by atoms with Crippen molar-refractivity contribution in [2.75, 3.05) is 45.4 Å². The zero-order valence-electron chi connectivity index (χ0n) is 20.3. The van der Waals surface area contributed by atoms with Crippen LogP contribution in [-0.2, 0) is 9.47 Å². The SMILES string of the molecule is COCCNC1CCC(Nc2cc(-c3ccnc(OCC4(C#N)CCOCC4)c3)c(F)cn2)CC1. The fourth-order valence-electron chi connectivity index (χ4n) is 4.67. The first kappa shape index (κ1) is 25.3. The predicted octanol–water partition coefficient (Wildman–Crippen LogP) is 3.94. The van der Waals surface area contributed by atoms with Gasteiger partial charge in [0, 0.05) is 56.8 Å². The van der Waals surface area contributed by atoms with Gasteiger partial charge in [0.05, 0.1) is 24.3 Å². The van der Waals surface area contributed by atoms with Crippen LogP contribution in [0.3, 0.4) is 0 Å². The van der Waals surface area contributed by atoms with Crippen molar-refractivity contribution < 1.29 is 18.6 Å². The van der Waals surface area contributed by atoms with Crippen molar-refractivity contribution in [1.82, 2.24) is 15.3 Å². The van der Waals surface area contributed by atoms with E-state index in [1.807, 2.05) is 0 Å². The molecule has 188 valence electrons. The first-order valence-electron chi connectivity index (χ1n) is 12.3. The summed E-state index contributed by atoms with van der Waals surface area (Å²) in [6, 6.07) is 8.41. The van der Waals surface area contributed by atoms with Gasteiger partial charge in [-0.15, -0.1) is 0 Å². The summed E-state index contributed by atoms with van der Waals surface area (Å²) in [5.41, 5.74) is 0.514. The normalized spacial score (nSPS) is 21.7. The number of rotatable bonds is 10. The maximum absolute atomic E-state index is 14.7. The summed E-state index contributed by atoms with van der Waals surface area (Å²) in [6.45, 7) is 2.92. The van der Waals surface area contributed by atoms with Gasteiger partial charge in [-0.3, -0.25) is 0 Å². The zero-order valence-corrected chi connectivity index (χ0v) is 20.3. The molecule has 1 saturated carbocycles. The first-order valence-corrected chi connectivity index (χ1v) is 12.3. The van der Waals surface area contributed by atoms with Crippen LogP contribution in [0.2, 0.25) is 0 Å². The topological polar surface area (TPSA) is 101 Å². The number of halogens is 1. The molecule has 35 heavy (non-hydrogen) atoms. The molecular formula is C26H34FN5O3. The number of pyridine rings is 2. The van der Waals surface area contributed by atoms with Crippen LogP contribution in [0.15, 0.2) is 30.6 Å². The van der Waals surface area contributed by atoms with Gasteiger partial charge in [-0.05, 0) is 56.2 Å². The van der Waals surface area contributed by atoms with E-state index in [0.717, 1.165) is 38.8 Å². The van der Waals surface area contributed by atoms with E-state index in [9.17, 15) is 9.65 Å². The van der Waals surface area contributed by atoms with Crippen molar-refractivity contribution in [1.29, 1.82) is 5.26 Å². The monoisotopic (exact) mass is 483 g/mol. The Hall–Kier alpha value is -2.80. The summed E-state index contributed by atoms with van der Waals surface area (Å²) in [5.74, 6) is 0.618. The number of nitriles is 1. The first-order chi connectivity index (χ1) is 17.1. The summed E-state index contributed by atoms with van der Waals surface area (Å²) in [6.07, 6.45) is 8.32. The smallest absolute Gasteiger partial charge is 0.213 e. The zero-order chi connectivity index (χ0) is 24.5. The standard InChI is InChI=1S/C26H34FN5O3/c1-33-13-10-29-20-2-4-21(5-3-20)32-24-15-22(23(27)16-31-24)19-6-9-30-25(14-19)35-18-26(17-28)7-11-34-12-8-26/h6,9,14-16,20-21,29H,2-5,7-8,10-13,18H2,1H3,(H,31,32). The van der Waals surface area contributed by atoms with Crippen LogP contribution in [0.4, 0.5) is 10.2 Å². The fourth-order valence-corrected chi connectivity index (χ4v) is 4.67. The minimum Gasteiger partial charge on any atom is -0.476 e. The van der Waals surface area contributed by atoms with E-state index in [-0.39, 0.29) is 6.61 Å². The van der Waals surface area contributed by atoms with Crippen LogP contribution in [-0.4, -0.2) is 62.1 Å². The maximum Gasteiger partial charge on any atom is 0.213 e. The Bertz CT molecular complexity index is 1000. The van der Waals surface area contributed by atoms with E-state index in [2.05, 4.69) is 26.7 Å². The molecule has 1 saturated heterocycles. The number of anilines is 1. The highest BCUT2D eigenvalue weighted by molar-refractivity contribution is 5.67. The minimum absolute atomic E-state index is 0.234. The summed E-state index contributed by atoms with van der Waals surface area (Å²) < 4.78 is 31.1. The third kappa shape index (κ3) is 6.88. The van der Waals surface area contributed by atoms with Gasteiger partial charge in [-0.1, -0.05) is 0 Å². The Morgan fingerprint density at radius 3 is 2.69 bits per heavy atom. The lowest BCUT2D eigenvalue weighted by molar-refractivity contribution is 0.0183. The molecule has 2 N–H and O–H groups in total. The van der Waals surface area contributed by atoms with Crippen LogP contribution >= 0.6 is 0 Å². The van der Waals surface area contributed by atoms with Gasteiger partial charge < -0.3 is 24.8 Å². The lowest BCUT2D eigenvalue weighted by Gasteiger charge is -2.30. The Kier molecular flexibility index (Phi) is 8.85. The van der Waals surface area contributed by atoms with Crippen molar-refractivity contribution in [2.24, 2.45) is 5.41 Å². The quantitative estimate of drug-likeness (QED) is 0.490. The molecule has 4 rings (SSSR count). The number of nitrogens with one attached hydrogen (secondary N) is 2. The van der Waals surface area contributed by atoms with Crippen molar-refractivity contribution >= 4 is 5.82 Å². The highest BCUT2D eigenvalue weighted by atomic mass is 19.1. The van der Waals surface area contributed by atoms with E-state index in [0.29, 0.717) is 61.0 Å². The molecule has 1 aliphatic heterocycles. The summed E-state index contributed by atoms with van der Waals surface area (Å²) in [5, 5.41) is 16.6. The van der Waals surface area contributed by atoms with Crippen LogP contribution < -0.4 is 15.4 Å². The van der Waals surface area contributed by atoms with Gasteiger partial charge in [-0.2, -0.15) is 5.26 Å². The average molecular weight is 484 g/mol. The number of ether oxygens (including phenoxy) is 3. The molecule has 1 aliphatic carbocycles. The van der Waals surface area contributed by atoms with Crippen LogP contribution in [0, 0.1) is 22.6 Å². The second kappa shape index (κ2) is 12.2. The Balaban J connectivity index is 1.38. The highest BCUT2D eigenvalue weighted by Crippen LogP contribution is 2.32.